The third-order valence-electron chi connectivity index (χ3n) is 5.33. The summed E-state index contributed by atoms with van der Waals surface area (Å²) >= 11 is 1.83. The standard InChI is InChI=1S/C19H32N4OS/c1-2-20-18(22-15-19(24)9-3-4-10-19)21-14-16(17-8-7-13-25-17)23-11-5-6-12-23/h7-8,13,16,24H,2-6,9-12,14-15H2,1H3,(H2,20,21,22). The van der Waals surface area contributed by atoms with Crippen LogP contribution in [0.3, 0.4) is 0 Å². The Balaban J connectivity index is 1.61. The summed E-state index contributed by atoms with van der Waals surface area (Å²) < 4.78 is 0. The first-order chi connectivity index (χ1) is 12.2. The highest BCUT2D eigenvalue weighted by molar-refractivity contribution is 7.10. The van der Waals surface area contributed by atoms with Crippen molar-refractivity contribution in [2.75, 3.05) is 32.7 Å². The molecule has 1 aromatic heterocycles. The van der Waals surface area contributed by atoms with Crippen LogP contribution in [-0.4, -0.2) is 54.3 Å². The zero-order valence-corrected chi connectivity index (χ0v) is 16.2. The first kappa shape index (κ1) is 18.7. The quantitative estimate of drug-likeness (QED) is 0.514. The molecule has 1 atom stereocenters. The van der Waals surface area contributed by atoms with Crippen molar-refractivity contribution in [2.24, 2.45) is 4.99 Å². The molecule has 1 aromatic rings. The molecule has 1 aliphatic heterocycles. The van der Waals surface area contributed by atoms with Gasteiger partial charge in [0.25, 0.3) is 0 Å². The molecule has 140 valence electrons. The highest BCUT2D eigenvalue weighted by Gasteiger charge is 2.31. The summed E-state index contributed by atoms with van der Waals surface area (Å²) in [6.45, 7) is 6.62. The molecule has 2 fully saturated rings. The highest BCUT2D eigenvalue weighted by atomic mass is 32.1. The minimum Gasteiger partial charge on any atom is -0.388 e. The molecule has 5 nitrogen and oxygen atoms in total. The van der Waals surface area contributed by atoms with E-state index in [1.165, 1.54) is 30.8 Å². The lowest BCUT2D eigenvalue weighted by atomic mass is 10.0. The topological polar surface area (TPSA) is 59.9 Å². The number of nitrogens with one attached hydrogen (secondary N) is 2. The summed E-state index contributed by atoms with van der Waals surface area (Å²) in [5.74, 6) is 0.823. The summed E-state index contributed by atoms with van der Waals surface area (Å²) in [4.78, 5) is 8.67. The molecule has 0 aromatic carbocycles. The Morgan fingerprint density at radius 1 is 1.28 bits per heavy atom. The molecule has 0 amide bonds. The van der Waals surface area contributed by atoms with E-state index in [1.54, 1.807) is 0 Å². The minimum atomic E-state index is -0.593. The van der Waals surface area contributed by atoms with Gasteiger partial charge in [0, 0.05) is 18.0 Å². The molecule has 3 N–H and O–H groups in total. The smallest absolute Gasteiger partial charge is 0.191 e. The van der Waals surface area contributed by atoms with Gasteiger partial charge in [0.15, 0.2) is 5.96 Å². The van der Waals surface area contributed by atoms with Crippen molar-refractivity contribution in [3.05, 3.63) is 22.4 Å². The molecule has 0 radical (unpaired) electrons. The number of rotatable bonds is 7. The number of aliphatic imine (C=N–C) groups is 1. The Bertz CT molecular complexity index is 534. The fourth-order valence-corrected chi connectivity index (χ4v) is 4.76. The molecule has 1 aliphatic carbocycles. The van der Waals surface area contributed by atoms with Crippen LogP contribution < -0.4 is 10.6 Å². The van der Waals surface area contributed by atoms with Gasteiger partial charge in [-0.25, -0.2) is 0 Å². The lowest BCUT2D eigenvalue weighted by molar-refractivity contribution is 0.0574. The third-order valence-corrected chi connectivity index (χ3v) is 6.30. The molecule has 25 heavy (non-hydrogen) atoms. The van der Waals surface area contributed by atoms with Crippen LogP contribution in [0, 0.1) is 0 Å². The van der Waals surface area contributed by atoms with Gasteiger partial charge in [-0.3, -0.25) is 9.89 Å². The van der Waals surface area contributed by atoms with Crippen molar-refractivity contribution in [1.82, 2.24) is 15.5 Å². The van der Waals surface area contributed by atoms with Crippen LogP contribution in [0.5, 0.6) is 0 Å². The highest BCUT2D eigenvalue weighted by Crippen LogP contribution is 2.30. The maximum Gasteiger partial charge on any atom is 0.191 e. The van der Waals surface area contributed by atoms with Crippen LogP contribution in [0.15, 0.2) is 22.5 Å². The number of likely N-dealkylation sites (tertiary alicyclic amines) is 1. The monoisotopic (exact) mass is 364 g/mol. The lowest BCUT2D eigenvalue weighted by Crippen LogP contribution is -2.43. The van der Waals surface area contributed by atoms with Crippen molar-refractivity contribution < 1.29 is 5.11 Å². The molecule has 1 unspecified atom stereocenters. The van der Waals surface area contributed by atoms with Crippen LogP contribution in [-0.2, 0) is 0 Å². The number of thiophene rings is 1. The molecule has 1 saturated carbocycles. The number of hydrogen-bond donors (Lipinski definition) is 3. The van der Waals surface area contributed by atoms with Crippen molar-refractivity contribution >= 4 is 17.3 Å². The Morgan fingerprint density at radius 2 is 2.04 bits per heavy atom. The second-order valence-corrected chi connectivity index (χ2v) is 8.26. The molecule has 0 spiro atoms. The first-order valence-corrected chi connectivity index (χ1v) is 10.6. The van der Waals surface area contributed by atoms with Crippen molar-refractivity contribution in [2.45, 2.75) is 57.1 Å². The van der Waals surface area contributed by atoms with Crippen LogP contribution in [0.25, 0.3) is 0 Å². The van der Waals surface area contributed by atoms with E-state index in [9.17, 15) is 5.11 Å². The van der Waals surface area contributed by atoms with Gasteiger partial charge in [-0.2, -0.15) is 0 Å². The molecule has 6 heteroatoms. The van der Waals surface area contributed by atoms with E-state index in [4.69, 9.17) is 0 Å². The number of nitrogens with zero attached hydrogens (tertiary/aromatic N) is 2. The lowest BCUT2D eigenvalue weighted by Gasteiger charge is -2.28. The second-order valence-electron chi connectivity index (χ2n) is 7.28. The van der Waals surface area contributed by atoms with Gasteiger partial charge in [-0.1, -0.05) is 18.9 Å². The van der Waals surface area contributed by atoms with Crippen molar-refractivity contribution in [1.29, 1.82) is 0 Å². The third kappa shape index (κ3) is 5.19. The maximum atomic E-state index is 10.5. The Kier molecular flexibility index (Phi) is 6.73. The normalized spacial score (nSPS) is 22.2. The molecular formula is C19H32N4OS. The zero-order valence-electron chi connectivity index (χ0n) is 15.3. The van der Waals surface area contributed by atoms with Crippen LogP contribution in [0.4, 0.5) is 0 Å². The summed E-state index contributed by atoms with van der Waals surface area (Å²) in [7, 11) is 0. The van der Waals surface area contributed by atoms with Gasteiger partial charge in [-0.15, -0.1) is 11.3 Å². The van der Waals surface area contributed by atoms with E-state index in [1.807, 2.05) is 11.3 Å². The first-order valence-electron chi connectivity index (χ1n) is 9.72. The fourth-order valence-electron chi connectivity index (χ4n) is 3.90. The van der Waals surface area contributed by atoms with Crippen LogP contribution in [0.2, 0.25) is 0 Å². The summed E-state index contributed by atoms with van der Waals surface area (Å²) in [6, 6.07) is 4.78. The average molecular weight is 365 g/mol. The van der Waals surface area contributed by atoms with E-state index >= 15 is 0 Å². The van der Waals surface area contributed by atoms with Gasteiger partial charge in [0.1, 0.15) is 0 Å². The molecule has 1 saturated heterocycles. The number of guanidine groups is 1. The van der Waals surface area contributed by atoms with Crippen LogP contribution >= 0.6 is 11.3 Å². The van der Waals surface area contributed by atoms with Gasteiger partial charge >= 0.3 is 0 Å². The van der Waals surface area contributed by atoms with E-state index in [0.29, 0.717) is 12.6 Å². The molecular weight excluding hydrogens is 332 g/mol. The number of hydrogen-bond acceptors (Lipinski definition) is 4. The largest absolute Gasteiger partial charge is 0.388 e. The zero-order chi connectivity index (χ0) is 17.5. The molecule has 2 heterocycles. The Labute approximate surface area is 155 Å². The van der Waals surface area contributed by atoms with E-state index < -0.39 is 5.60 Å². The predicted molar refractivity (Wildman–Crippen MR) is 105 cm³/mol. The van der Waals surface area contributed by atoms with Gasteiger partial charge in [0.05, 0.1) is 18.2 Å². The molecule has 3 rings (SSSR count). The summed E-state index contributed by atoms with van der Waals surface area (Å²) in [5.41, 5.74) is -0.593. The maximum absolute atomic E-state index is 10.5. The average Bonchev–Trinajstić information content (AvgIpc) is 3.36. The van der Waals surface area contributed by atoms with Crippen LogP contribution in [0.1, 0.15) is 56.4 Å². The second kappa shape index (κ2) is 9.01. The van der Waals surface area contributed by atoms with E-state index in [2.05, 4.69) is 45.0 Å². The van der Waals surface area contributed by atoms with E-state index in [0.717, 1.165) is 44.7 Å². The van der Waals surface area contributed by atoms with Gasteiger partial charge < -0.3 is 15.7 Å². The summed E-state index contributed by atoms with van der Waals surface area (Å²) in [5, 5.41) is 19.5. The van der Waals surface area contributed by atoms with E-state index in [-0.39, 0.29) is 0 Å². The van der Waals surface area contributed by atoms with Gasteiger partial charge in [0.2, 0.25) is 0 Å². The SMILES string of the molecule is CCNC(=NCC1(O)CCCC1)NCC(c1cccs1)N1CCCC1. The van der Waals surface area contributed by atoms with Gasteiger partial charge in [-0.05, 0) is 57.1 Å². The fraction of sp³-hybridized carbons (Fsp3) is 0.737. The minimum absolute atomic E-state index is 0.404. The Hall–Kier alpha value is -1.11. The van der Waals surface area contributed by atoms with Crippen molar-refractivity contribution in [3.63, 3.8) is 0 Å². The molecule has 2 aliphatic rings. The number of aliphatic hydroxyl groups is 1. The Morgan fingerprint density at radius 3 is 2.68 bits per heavy atom. The summed E-state index contributed by atoms with van der Waals surface area (Å²) in [6.07, 6.45) is 6.58. The predicted octanol–water partition coefficient (Wildman–Crippen LogP) is 2.75. The molecule has 0 bridgehead atoms. The van der Waals surface area contributed by atoms with Crippen molar-refractivity contribution in [3.8, 4) is 0 Å².